The Morgan fingerprint density at radius 1 is 1.22 bits per heavy atom. The van der Waals surface area contributed by atoms with Gasteiger partial charge in [-0.1, -0.05) is 36.4 Å². The zero-order chi connectivity index (χ0) is 16.8. The van der Waals surface area contributed by atoms with Crippen molar-refractivity contribution in [3.05, 3.63) is 71.0 Å². The molecule has 0 unspecified atom stereocenters. The molecule has 23 heavy (non-hydrogen) atoms. The average molecular weight is 317 g/mol. The predicted molar refractivity (Wildman–Crippen MR) is 81.5 cm³/mol. The predicted octanol–water partition coefficient (Wildman–Crippen LogP) is 3.51. The van der Waals surface area contributed by atoms with Crippen LogP contribution < -0.4 is 5.32 Å². The quantitative estimate of drug-likeness (QED) is 0.885. The Labute approximate surface area is 132 Å². The molecule has 0 saturated heterocycles. The Bertz CT molecular complexity index is 703. The summed E-state index contributed by atoms with van der Waals surface area (Å²) in [5.41, 5.74) is 0.879. The van der Waals surface area contributed by atoms with Crippen LogP contribution >= 0.6 is 0 Å². The molecule has 2 aromatic carbocycles. The second kappa shape index (κ2) is 7.40. The fourth-order valence-electron chi connectivity index (χ4n) is 2.03. The average Bonchev–Trinajstić information content (AvgIpc) is 2.53. The van der Waals surface area contributed by atoms with Gasteiger partial charge in [0.15, 0.2) is 0 Å². The second-order valence-electron chi connectivity index (χ2n) is 4.97. The standard InChI is InChI=1S/C17H16FNO4/c1-11(14-8-7-13(16(20)21)9-15(14)18)19-17(22)23-10-12-5-3-2-4-6-12/h2-9,11H,10H2,1H3,(H,19,22)(H,20,21)/t11-/m1/s1. The van der Waals surface area contributed by atoms with Crippen LogP contribution in [0.2, 0.25) is 0 Å². The molecule has 1 amide bonds. The normalized spacial score (nSPS) is 11.6. The van der Waals surface area contributed by atoms with Crippen LogP contribution in [0.15, 0.2) is 48.5 Å². The van der Waals surface area contributed by atoms with Gasteiger partial charge in [-0.05, 0) is 24.6 Å². The lowest BCUT2D eigenvalue weighted by molar-refractivity contribution is 0.0696. The molecule has 2 aromatic rings. The molecule has 0 spiro atoms. The number of halogens is 1. The van der Waals surface area contributed by atoms with Crippen molar-refractivity contribution >= 4 is 12.1 Å². The van der Waals surface area contributed by atoms with E-state index in [2.05, 4.69) is 5.32 Å². The fraction of sp³-hybridized carbons (Fsp3) is 0.176. The van der Waals surface area contributed by atoms with Crippen LogP contribution in [0.5, 0.6) is 0 Å². The first-order chi connectivity index (χ1) is 11.0. The van der Waals surface area contributed by atoms with Gasteiger partial charge in [0.1, 0.15) is 12.4 Å². The Kier molecular flexibility index (Phi) is 5.30. The molecular formula is C17H16FNO4. The summed E-state index contributed by atoms with van der Waals surface area (Å²) in [4.78, 5) is 22.5. The minimum atomic E-state index is -1.21. The first-order valence-corrected chi connectivity index (χ1v) is 6.97. The van der Waals surface area contributed by atoms with E-state index in [1.165, 1.54) is 12.1 Å². The third kappa shape index (κ3) is 4.54. The van der Waals surface area contributed by atoms with Crippen LogP contribution in [0.25, 0.3) is 0 Å². The number of carboxylic acids is 1. The van der Waals surface area contributed by atoms with Gasteiger partial charge in [-0.25, -0.2) is 14.0 Å². The number of carbonyl (C=O) groups excluding carboxylic acids is 1. The summed E-state index contributed by atoms with van der Waals surface area (Å²) in [5, 5.41) is 11.3. The van der Waals surface area contributed by atoms with Crippen molar-refractivity contribution < 1.29 is 23.8 Å². The summed E-state index contributed by atoms with van der Waals surface area (Å²) < 4.78 is 19.0. The number of rotatable bonds is 5. The molecule has 0 fully saturated rings. The van der Waals surface area contributed by atoms with Crippen LogP contribution in [0.3, 0.4) is 0 Å². The number of hydrogen-bond donors (Lipinski definition) is 2. The topological polar surface area (TPSA) is 75.6 Å². The Morgan fingerprint density at radius 2 is 1.91 bits per heavy atom. The van der Waals surface area contributed by atoms with E-state index in [0.29, 0.717) is 0 Å². The van der Waals surface area contributed by atoms with Crippen LogP contribution in [-0.4, -0.2) is 17.2 Å². The van der Waals surface area contributed by atoms with Crippen molar-refractivity contribution in [3.8, 4) is 0 Å². The maximum absolute atomic E-state index is 13.9. The van der Waals surface area contributed by atoms with Gasteiger partial charge in [0.25, 0.3) is 0 Å². The number of benzene rings is 2. The van der Waals surface area contributed by atoms with Gasteiger partial charge >= 0.3 is 12.1 Å². The lowest BCUT2D eigenvalue weighted by Gasteiger charge is -2.15. The maximum atomic E-state index is 13.9. The van der Waals surface area contributed by atoms with Crippen molar-refractivity contribution in [2.75, 3.05) is 0 Å². The minimum absolute atomic E-state index is 0.111. The molecular weight excluding hydrogens is 301 g/mol. The first-order valence-electron chi connectivity index (χ1n) is 6.97. The molecule has 5 nitrogen and oxygen atoms in total. The number of carbonyl (C=O) groups is 2. The zero-order valence-electron chi connectivity index (χ0n) is 12.5. The Balaban J connectivity index is 1.94. The SMILES string of the molecule is C[C@@H](NC(=O)OCc1ccccc1)c1ccc(C(=O)O)cc1F. The van der Waals surface area contributed by atoms with E-state index in [1.807, 2.05) is 30.3 Å². The molecule has 0 aliphatic carbocycles. The molecule has 0 aromatic heterocycles. The molecule has 0 aliphatic rings. The smallest absolute Gasteiger partial charge is 0.407 e. The number of amides is 1. The third-order valence-corrected chi connectivity index (χ3v) is 3.26. The number of hydrogen-bond acceptors (Lipinski definition) is 3. The zero-order valence-corrected chi connectivity index (χ0v) is 12.5. The van der Waals surface area contributed by atoms with Gasteiger partial charge in [0.05, 0.1) is 11.6 Å². The second-order valence-corrected chi connectivity index (χ2v) is 4.97. The molecule has 2 N–H and O–H groups in total. The number of alkyl carbamates (subject to hydrolysis) is 1. The van der Waals surface area contributed by atoms with Crippen molar-refractivity contribution in [3.63, 3.8) is 0 Å². The molecule has 0 radical (unpaired) electrons. The van der Waals surface area contributed by atoms with E-state index in [1.54, 1.807) is 6.92 Å². The molecule has 0 saturated carbocycles. The van der Waals surface area contributed by atoms with Crippen LogP contribution in [0, 0.1) is 5.82 Å². The van der Waals surface area contributed by atoms with Gasteiger partial charge in [-0.3, -0.25) is 0 Å². The highest BCUT2D eigenvalue weighted by atomic mass is 19.1. The van der Waals surface area contributed by atoms with E-state index in [-0.39, 0.29) is 17.7 Å². The molecule has 0 bridgehead atoms. The largest absolute Gasteiger partial charge is 0.478 e. The van der Waals surface area contributed by atoms with Gasteiger partial charge in [-0.2, -0.15) is 0 Å². The summed E-state index contributed by atoms with van der Waals surface area (Å²) >= 11 is 0. The maximum Gasteiger partial charge on any atom is 0.407 e. The van der Waals surface area contributed by atoms with Crippen molar-refractivity contribution in [2.24, 2.45) is 0 Å². The van der Waals surface area contributed by atoms with E-state index >= 15 is 0 Å². The molecule has 2 rings (SSSR count). The summed E-state index contributed by atoms with van der Waals surface area (Å²) in [5.74, 6) is -1.90. The Hall–Kier alpha value is -2.89. The lowest BCUT2D eigenvalue weighted by Crippen LogP contribution is -2.28. The third-order valence-electron chi connectivity index (χ3n) is 3.26. The first kappa shape index (κ1) is 16.5. The summed E-state index contributed by atoms with van der Waals surface area (Å²) in [6.07, 6.45) is -0.678. The number of nitrogens with one attached hydrogen (secondary N) is 1. The van der Waals surface area contributed by atoms with E-state index in [4.69, 9.17) is 9.84 Å². The molecule has 120 valence electrons. The summed E-state index contributed by atoms with van der Waals surface area (Å²) in [7, 11) is 0. The van der Waals surface area contributed by atoms with Crippen molar-refractivity contribution in [1.29, 1.82) is 0 Å². The van der Waals surface area contributed by atoms with E-state index in [0.717, 1.165) is 11.6 Å². The fourth-order valence-corrected chi connectivity index (χ4v) is 2.03. The van der Waals surface area contributed by atoms with E-state index in [9.17, 15) is 14.0 Å². The molecule has 0 aliphatic heterocycles. The molecule has 1 atom stereocenters. The lowest BCUT2D eigenvalue weighted by atomic mass is 10.1. The number of aromatic carboxylic acids is 1. The molecule has 6 heteroatoms. The van der Waals surface area contributed by atoms with Crippen LogP contribution in [-0.2, 0) is 11.3 Å². The highest BCUT2D eigenvalue weighted by Crippen LogP contribution is 2.18. The van der Waals surface area contributed by atoms with Gasteiger partial charge in [0.2, 0.25) is 0 Å². The highest BCUT2D eigenvalue weighted by Gasteiger charge is 2.16. The van der Waals surface area contributed by atoms with Crippen molar-refractivity contribution in [1.82, 2.24) is 5.32 Å². The summed E-state index contributed by atoms with van der Waals surface area (Å²) in [6, 6.07) is 12.1. The van der Waals surface area contributed by atoms with Gasteiger partial charge in [-0.15, -0.1) is 0 Å². The minimum Gasteiger partial charge on any atom is -0.478 e. The summed E-state index contributed by atoms with van der Waals surface area (Å²) in [6.45, 7) is 1.70. The van der Waals surface area contributed by atoms with Gasteiger partial charge in [0, 0.05) is 5.56 Å². The molecule has 0 heterocycles. The highest BCUT2D eigenvalue weighted by molar-refractivity contribution is 5.87. The van der Waals surface area contributed by atoms with Crippen molar-refractivity contribution in [2.45, 2.75) is 19.6 Å². The number of carboxylic acid groups (broad SMARTS) is 1. The van der Waals surface area contributed by atoms with E-state index < -0.39 is 23.9 Å². The monoisotopic (exact) mass is 317 g/mol. The van der Waals surface area contributed by atoms with Crippen LogP contribution in [0.1, 0.15) is 34.5 Å². The van der Waals surface area contributed by atoms with Crippen LogP contribution in [0.4, 0.5) is 9.18 Å². The number of ether oxygens (including phenoxy) is 1. The Morgan fingerprint density at radius 3 is 2.52 bits per heavy atom. The van der Waals surface area contributed by atoms with Gasteiger partial charge < -0.3 is 15.2 Å².